The third-order valence-corrected chi connectivity index (χ3v) is 2.82. The zero-order chi connectivity index (χ0) is 15.4. The first-order valence-electron chi connectivity index (χ1n) is 6.08. The number of pyridine rings is 1. The molecule has 6 heteroatoms. The number of hydrogen-bond donors (Lipinski definition) is 1. The Labute approximate surface area is 121 Å². The number of benzene rings is 1. The predicted octanol–water partition coefficient (Wildman–Crippen LogP) is 2.42. The molecule has 0 atom stereocenters. The quantitative estimate of drug-likeness (QED) is 0.686. The molecule has 1 heterocycles. The van der Waals surface area contributed by atoms with E-state index >= 15 is 0 Å². The molecular weight excluding hydrogens is 270 g/mol. The average Bonchev–Trinajstić information content (AvgIpc) is 2.48. The number of nitrogens with two attached hydrogens (primary N) is 1. The summed E-state index contributed by atoms with van der Waals surface area (Å²) in [6.07, 6.45) is 0. The molecule has 1 aromatic heterocycles. The maximum absolute atomic E-state index is 11.5. The Hall–Kier alpha value is -3.07. The van der Waals surface area contributed by atoms with Gasteiger partial charge in [0.05, 0.1) is 35.7 Å². The van der Waals surface area contributed by atoms with E-state index < -0.39 is 5.97 Å². The SMILES string of the molecule is COC(=O)c1ccc(Oc2ccc(C#N)cc2N)nc1C. The van der Waals surface area contributed by atoms with Gasteiger partial charge in [-0.3, -0.25) is 0 Å². The molecule has 0 amide bonds. The number of aromatic nitrogens is 1. The summed E-state index contributed by atoms with van der Waals surface area (Å²) in [6.45, 7) is 1.68. The lowest BCUT2D eigenvalue weighted by molar-refractivity contribution is 0.0599. The van der Waals surface area contributed by atoms with Gasteiger partial charge in [-0.1, -0.05) is 0 Å². The van der Waals surface area contributed by atoms with Crippen LogP contribution in [0.15, 0.2) is 30.3 Å². The van der Waals surface area contributed by atoms with E-state index in [4.69, 9.17) is 15.7 Å². The Morgan fingerprint density at radius 2 is 2.10 bits per heavy atom. The van der Waals surface area contributed by atoms with E-state index in [1.165, 1.54) is 13.2 Å². The van der Waals surface area contributed by atoms with E-state index in [9.17, 15) is 4.79 Å². The minimum atomic E-state index is -0.454. The molecule has 0 spiro atoms. The minimum absolute atomic E-state index is 0.302. The molecule has 0 fully saturated rings. The van der Waals surface area contributed by atoms with E-state index in [1.807, 2.05) is 6.07 Å². The van der Waals surface area contributed by atoms with Gasteiger partial charge in [-0.25, -0.2) is 9.78 Å². The van der Waals surface area contributed by atoms with Crippen molar-refractivity contribution in [2.45, 2.75) is 6.92 Å². The number of esters is 1. The molecule has 1 aromatic carbocycles. The van der Waals surface area contributed by atoms with Crippen LogP contribution < -0.4 is 10.5 Å². The van der Waals surface area contributed by atoms with Crippen LogP contribution in [0.4, 0.5) is 5.69 Å². The summed E-state index contributed by atoms with van der Waals surface area (Å²) in [5, 5.41) is 8.78. The summed E-state index contributed by atoms with van der Waals surface area (Å²) in [4.78, 5) is 15.7. The molecule has 0 radical (unpaired) electrons. The maximum Gasteiger partial charge on any atom is 0.339 e. The smallest absolute Gasteiger partial charge is 0.339 e. The third-order valence-electron chi connectivity index (χ3n) is 2.82. The van der Waals surface area contributed by atoms with Crippen molar-refractivity contribution in [1.82, 2.24) is 4.98 Å². The van der Waals surface area contributed by atoms with Crippen molar-refractivity contribution in [3.05, 3.63) is 47.2 Å². The number of rotatable bonds is 3. The van der Waals surface area contributed by atoms with E-state index in [-0.39, 0.29) is 0 Å². The van der Waals surface area contributed by atoms with Crippen molar-refractivity contribution in [3.8, 4) is 17.7 Å². The van der Waals surface area contributed by atoms with Gasteiger partial charge in [0.1, 0.15) is 0 Å². The number of methoxy groups -OCH3 is 1. The molecule has 0 unspecified atom stereocenters. The van der Waals surface area contributed by atoms with Gasteiger partial charge in [-0.05, 0) is 31.2 Å². The van der Waals surface area contributed by atoms with Crippen LogP contribution in [-0.2, 0) is 4.74 Å². The van der Waals surface area contributed by atoms with Crippen LogP contribution in [0.3, 0.4) is 0 Å². The van der Waals surface area contributed by atoms with Gasteiger partial charge < -0.3 is 15.2 Å². The van der Waals surface area contributed by atoms with Crippen LogP contribution in [0.25, 0.3) is 0 Å². The number of carbonyl (C=O) groups is 1. The Morgan fingerprint density at radius 3 is 2.67 bits per heavy atom. The summed E-state index contributed by atoms with van der Waals surface area (Å²) >= 11 is 0. The fourth-order valence-corrected chi connectivity index (χ4v) is 1.74. The van der Waals surface area contributed by atoms with E-state index in [0.717, 1.165) is 0 Å². The second kappa shape index (κ2) is 5.92. The number of nitriles is 1. The lowest BCUT2D eigenvalue weighted by atomic mass is 10.2. The largest absolute Gasteiger partial charge is 0.465 e. The lowest BCUT2D eigenvalue weighted by Crippen LogP contribution is -2.05. The molecule has 0 saturated carbocycles. The molecule has 0 bridgehead atoms. The molecule has 2 rings (SSSR count). The van der Waals surface area contributed by atoms with Gasteiger partial charge in [0.15, 0.2) is 5.75 Å². The summed E-state index contributed by atoms with van der Waals surface area (Å²) < 4.78 is 10.2. The van der Waals surface area contributed by atoms with Gasteiger partial charge in [0.2, 0.25) is 5.88 Å². The van der Waals surface area contributed by atoms with Crippen LogP contribution >= 0.6 is 0 Å². The molecule has 0 aliphatic carbocycles. The number of ether oxygens (including phenoxy) is 2. The monoisotopic (exact) mass is 283 g/mol. The van der Waals surface area contributed by atoms with Crippen LogP contribution in [0.5, 0.6) is 11.6 Å². The van der Waals surface area contributed by atoms with Crippen molar-refractivity contribution >= 4 is 11.7 Å². The fraction of sp³-hybridized carbons (Fsp3) is 0.133. The summed E-state index contributed by atoms with van der Waals surface area (Å²) in [5.74, 6) is 0.243. The van der Waals surface area contributed by atoms with Gasteiger partial charge in [0, 0.05) is 6.07 Å². The third kappa shape index (κ3) is 3.09. The highest BCUT2D eigenvalue weighted by Gasteiger charge is 2.12. The average molecular weight is 283 g/mol. The second-order valence-corrected chi connectivity index (χ2v) is 4.24. The van der Waals surface area contributed by atoms with Crippen molar-refractivity contribution in [2.75, 3.05) is 12.8 Å². The van der Waals surface area contributed by atoms with Crippen LogP contribution in [0.2, 0.25) is 0 Å². The topological polar surface area (TPSA) is 98.2 Å². The molecule has 0 saturated heterocycles. The first-order valence-corrected chi connectivity index (χ1v) is 6.08. The zero-order valence-corrected chi connectivity index (χ0v) is 11.6. The Balaban J connectivity index is 2.27. The number of aryl methyl sites for hydroxylation is 1. The van der Waals surface area contributed by atoms with Crippen LogP contribution in [0.1, 0.15) is 21.6 Å². The van der Waals surface area contributed by atoms with E-state index in [2.05, 4.69) is 9.72 Å². The van der Waals surface area contributed by atoms with Gasteiger partial charge in [-0.15, -0.1) is 0 Å². The summed E-state index contributed by atoms with van der Waals surface area (Å²) in [6, 6.07) is 9.83. The highest BCUT2D eigenvalue weighted by Crippen LogP contribution is 2.27. The Bertz CT molecular complexity index is 735. The van der Waals surface area contributed by atoms with Crippen molar-refractivity contribution in [2.24, 2.45) is 0 Å². The van der Waals surface area contributed by atoms with Gasteiger partial charge >= 0.3 is 5.97 Å². The maximum atomic E-state index is 11.5. The zero-order valence-electron chi connectivity index (χ0n) is 11.6. The summed E-state index contributed by atoms with van der Waals surface area (Å²) in [5.41, 5.74) is 7.46. The van der Waals surface area contributed by atoms with Crippen LogP contribution in [-0.4, -0.2) is 18.1 Å². The Morgan fingerprint density at radius 1 is 1.33 bits per heavy atom. The molecule has 2 aromatic rings. The molecule has 0 aliphatic heterocycles. The normalized spacial score (nSPS) is 9.76. The number of nitrogen functional groups attached to an aromatic ring is 1. The minimum Gasteiger partial charge on any atom is -0.465 e. The van der Waals surface area contributed by atoms with E-state index in [0.29, 0.717) is 34.1 Å². The highest BCUT2D eigenvalue weighted by molar-refractivity contribution is 5.90. The standard InChI is InChI=1S/C15H13N3O3/c1-9-11(15(19)20-2)4-6-14(18-9)21-13-5-3-10(8-16)7-12(13)17/h3-7H,17H2,1-2H3. The number of anilines is 1. The van der Waals surface area contributed by atoms with Crippen molar-refractivity contribution in [1.29, 1.82) is 5.26 Å². The highest BCUT2D eigenvalue weighted by atomic mass is 16.5. The predicted molar refractivity (Wildman–Crippen MR) is 76.0 cm³/mol. The fourth-order valence-electron chi connectivity index (χ4n) is 1.74. The van der Waals surface area contributed by atoms with E-state index in [1.54, 1.807) is 31.2 Å². The molecular formula is C15H13N3O3. The molecule has 21 heavy (non-hydrogen) atoms. The number of hydrogen-bond acceptors (Lipinski definition) is 6. The van der Waals surface area contributed by atoms with Crippen molar-refractivity contribution in [3.63, 3.8) is 0 Å². The summed E-state index contributed by atoms with van der Waals surface area (Å²) in [7, 11) is 1.31. The molecule has 0 aliphatic rings. The second-order valence-electron chi connectivity index (χ2n) is 4.24. The number of nitrogens with zero attached hydrogens (tertiary/aromatic N) is 2. The molecule has 106 valence electrons. The lowest BCUT2D eigenvalue weighted by Gasteiger charge is -2.09. The Kier molecular flexibility index (Phi) is 4.05. The molecule has 6 nitrogen and oxygen atoms in total. The van der Waals surface area contributed by atoms with Crippen molar-refractivity contribution < 1.29 is 14.3 Å². The first kappa shape index (κ1) is 14.3. The first-order chi connectivity index (χ1) is 10.0. The number of carbonyl (C=O) groups excluding carboxylic acids is 1. The van der Waals surface area contributed by atoms with Gasteiger partial charge in [0.25, 0.3) is 0 Å². The van der Waals surface area contributed by atoms with Gasteiger partial charge in [-0.2, -0.15) is 5.26 Å². The van der Waals surface area contributed by atoms with Crippen LogP contribution in [0, 0.1) is 18.3 Å². The molecule has 2 N–H and O–H groups in total.